The topological polar surface area (TPSA) is 72.7 Å². The fourth-order valence-corrected chi connectivity index (χ4v) is 4.67. The number of carbonyl (C=O) groups excluding carboxylic acids is 1. The fourth-order valence-electron chi connectivity index (χ4n) is 4.28. The summed E-state index contributed by atoms with van der Waals surface area (Å²) in [5.74, 6) is 0. The molecular weight excluding hydrogens is 406 g/mol. The minimum Gasteiger partial charge on any atom is -0.444 e. The van der Waals surface area contributed by atoms with Crippen LogP contribution in [0.5, 0.6) is 0 Å². The van der Waals surface area contributed by atoms with Crippen molar-refractivity contribution in [2.75, 3.05) is 44.3 Å². The minimum absolute atomic E-state index is 0.117. The van der Waals surface area contributed by atoms with Gasteiger partial charge < -0.3 is 19.3 Å². The number of anilines is 1. The van der Waals surface area contributed by atoms with Gasteiger partial charge in [0.25, 0.3) is 0 Å². The Labute approximate surface area is 180 Å². The van der Waals surface area contributed by atoms with E-state index in [1.807, 2.05) is 31.7 Å². The molecular formula is C21H24ClN5O3. The highest BCUT2D eigenvalue weighted by Crippen LogP contribution is 2.44. The van der Waals surface area contributed by atoms with Gasteiger partial charge >= 0.3 is 6.09 Å². The Morgan fingerprint density at radius 2 is 2.13 bits per heavy atom. The molecule has 0 N–H and O–H groups in total. The van der Waals surface area contributed by atoms with Crippen LogP contribution in [-0.4, -0.2) is 71.3 Å². The summed E-state index contributed by atoms with van der Waals surface area (Å²) < 4.78 is 12.6. The Morgan fingerprint density at radius 1 is 1.30 bits per heavy atom. The second-order valence-corrected chi connectivity index (χ2v) is 8.25. The van der Waals surface area contributed by atoms with Crippen molar-refractivity contribution in [1.29, 1.82) is 0 Å². The van der Waals surface area contributed by atoms with Crippen LogP contribution in [0.3, 0.4) is 0 Å². The number of halogens is 1. The van der Waals surface area contributed by atoms with E-state index in [4.69, 9.17) is 21.1 Å². The van der Waals surface area contributed by atoms with Crippen molar-refractivity contribution in [2.45, 2.75) is 18.9 Å². The van der Waals surface area contributed by atoms with Crippen LogP contribution in [0.1, 0.15) is 23.2 Å². The fraction of sp³-hybridized carbons (Fsp3) is 0.476. The zero-order chi connectivity index (χ0) is 20.7. The van der Waals surface area contributed by atoms with Gasteiger partial charge in [0.05, 0.1) is 30.1 Å². The molecule has 3 aliphatic rings. The molecule has 0 saturated carbocycles. The number of hydrogen-bond donors (Lipinski definition) is 0. The lowest BCUT2D eigenvalue weighted by Gasteiger charge is -2.36. The van der Waals surface area contributed by atoms with Crippen LogP contribution in [0.2, 0.25) is 0 Å². The molecule has 2 aromatic heterocycles. The normalized spacial score (nSPS) is 21.3. The third-order valence-electron chi connectivity index (χ3n) is 5.92. The highest BCUT2D eigenvalue weighted by Gasteiger charge is 2.31. The maximum atomic E-state index is 12.4. The first kappa shape index (κ1) is 19.4. The van der Waals surface area contributed by atoms with Crippen LogP contribution < -0.4 is 4.90 Å². The minimum atomic E-state index is -0.248. The molecule has 0 aromatic carbocycles. The lowest BCUT2D eigenvalue weighted by molar-refractivity contribution is 0.0534. The molecule has 9 heteroatoms. The average molecular weight is 430 g/mol. The first-order valence-corrected chi connectivity index (χ1v) is 10.6. The molecule has 1 atom stereocenters. The monoisotopic (exact) mass is 429 g/mol. The van der Waals surface area contributed by atoms with Crippen LogP contribution in [0.4, 0.5) is 10.5 Å². The number of carbonyl (C=O) groups is 1. The molecule has 30 heavy (non-hydrogen) atoms. The summed E-state index contributed by atoms with van der Waals surface area (Å²) >= 11 is 6.83. The summed E-state index contributed by atoms with van der Waals surface area (Å²) in [6.07, 6.45) is 6.76. The highest BCUT2D eigenvalue weighted by molar-refractivity contribution is 6.54. The van der Waals surface area contributed by atoms with Crippen molar-refractivity contribution in [2.24, 2.45) is 7.05 Å². The summed E-state index contributed by atoms with van der Waals surface area (Å²) in [4.78, 5) is 21.0. The Morgan fingerprint density at radius 3 is 2.83 bits per heavy atom. The molecule has 1 amide bonds. The number of rotatable bonds is 3. The van der Waals surface area contributed by atoms with Gasteiger partial charge in [-0.05, 0) is 11.6 Å². The van der Waals surface area contributed by atoms with E-state index in [9.17, 15) is 4.79 Å². The molecule has 4 heterocycles. The van der Waals surface area contributed by atoms with Crippen molar-refractivity contribution in [3.63, 3.8) is 0 Å². The number of hydrogen-bond acceptors (Lipinski definition) is 6. The highest BCUT2D eigenvalue weighted by atomic mass is 35.5. The van der Waals surface area contributed by atoms with Crippen LogP contribution >= 0.6 is 11.6 Å². The number of aryl methyl sites for hydroxylation is 1. The summed E-state index contributed by atoms with van der Waals surface area (Å²) in [5, 5.41) is 5.01. The number of pyridine rings is 1. The molecule has 1 aliphatic carbocycles. The van der Waals surface area contributed by atoms with Gasteiger partial charge in [0, 0.05) is 75.3 Å². The zero-order valence-electron chi connectivity index (χ0n) is 16.9. The van der Waals surface area contributed by atoms with Gasteiger partial charge in [-0.1, -0.05) is 11.6 Å². The lowest BCUT2D eigenvalue weighted by atomic mass is 10.1. The van der Waals surface area contributed by atoms with E-state index < -0.39 is 0 Å². The van der Waals surface area contributed by atoms with Crippen molar-refractivity contribution in [3.05, 3.63) is 41.5 Å². The molecule has 0 unspecified atom stereocenters. The van der Waals surface area contributed by atoms with Gasteiger partial charge in [-0.25, -0.2) is 4.79 Å². The summed E-state index contributed by atoms with van der Waals surface area (Å²) in [6, 6.07) is 2.01. The van der Waals surface area contributed by atoms with Crippen molar-refractivity contribution < 1.29 is 14.3 Å². The molecule has 2 fully saturated rings. The molecule has 158 valence electrons. The SMILES string of the molecule is Cn1cc(C2=C(Cl)c3c(N4CCN(C(=O)O[C@@H]5CCOC5)CC4)ccnc3C2)cn1. The predicted molar refractivity (Wildman–Crippen MR) is 113 cm³/mol. The van der Waals surface area contributed by atoms with E-state index >= 15 is 0 Å². The maximum absolute atomic E-state index is 12.4. The Hall–Kier alpha value is -2.58. The summed E-state index contributed by atoms with van der Waals surface area (Å²) in [5.41, 5.74) is 5.13. The Balaban J connectivity index is 1.31. The van der Waals surface area contributed by atoms with Crippen molar-refractivity contribution in [1.82, 2.24) is 19.7 Å². The smallest absolute Gasteiger partial charge is 0.410 e. The maximum Gasteiger partial charge on any atom is 0.410 e. The van der Waals surface area contributed by atoms with Crippen LogP contribution in [-0.2, 0) is 22.9 Å². The molecule has 2 aliphatic heterocycles. The first-order chi connectivity index (χ1) is 14.6. The summed E-state index contributed by atoms with van der Waals surface area (Å²) in [7, 11) is 1.90. The Bertz CT molecular complexity index is 990. The van der Waals surface area contributed by atoms with Crippen LogP contribution in [0.15, 0.2) is 24.7 Å². The first-order valence-electron chi connectivity index (χ1n) is 10.2. The standard InChI is InChI=1S/C21H24ClN5O3/c1-25-12-14(11-24-25)16-10-17-19(20(16)22)18(2-4-23-17)26-5-7-27(8-6-26)21(28)30-15-3-9-29-13-15/h2,4,11-12,15H,3,5-10,13H2,1H3/t15-/m1/s1. The van der Waals surface area contributed by atoms with Gasteiger partial charge in [-0.2, -0.15) is 5.10 Å². The average Bonchev–Trinajstić information content (AvgIpc) is 3.49. The molecule has 8 nitrogen and oxygen atoms in total. The van der Waals surface area contributed by atoms with Crippen molar-refractivity contribution >= 4 is 34.0 Å². The van der Waals surface area contributed by atoms with Gasteiger partial charge in [-0.15, -0.1) is 0 Å². The van der Waals surface area contributed by atoms with Crippen molar-refractivity contribution in [3.8, 4) is 0 Å². The molecule has 5 rings (SSSR count). The van der Waals surface area contributed by atoms with E-state index in [0.29, 0.717) is 32.7 Å². The van der Waals surface area contributed by atoms with E-state index in [0.717, 1.165) is 52.6 Å². The number of piperazine rings is 1. The number of allylic oxidation sites excluding steroid dienone is 1. The van der Waals surface area contributed by atoms with Gasteiger partial charge in [-0.3, -0.25) is 9.67 Å². The van der Waals surface area contributed by atoms with Crippen LogP contribution in [0, 0.1) is 0 Å². The number of amides is 1. The number of nitrogens with zero attached hydrogens (tertiary/aromatic N) is 5. The largest absolute Gasteiger partial charge is 0.444 e. The number of aromatic nitrogens is 3. The molecule has 2 saturated heterocycles. The number of fused-ring (bicyclic) bond motifs is 1. The Kier molecular flexibility index (Phi) is 5.12. The van der Waals surface area contributed by atoms with Crippen LogP contribution in [0.25, 0.3) is 10.6 Å². The summed E-state index contributed by atoms with van der Waals surface area (Å²) in [6.45, 7) is 3.83. The second kappa shape index (κ2) is 7.92. The third-order valence-corrected chi connectivity index (χ3v) is 6.34. The second-order valence-electron chi connectivity index (χ2n) is 7.87. The van der Waals surface area contributed by atoms with E-state index in [-0.39, 0.29) is 12.2 Å². The molecule has 0 spiro atoms. The van der Waals surface area contributed by atoms with E-state index in [1.165, 1.54) is 0 Å². The quantitative estimate of drug-likeness (QED) is 0.746. The lowest BCUT2D eigenvalue weighted by Crippen LogP contribution is -2.49. The molecule has 2 aromatic rings. The van der Waals surface area contributed by atoms with Gasteiger partial charge in [0.1, 0.15) is 6.10 Å². The van der Waals surface area contributed by atoms with E-state index in [1.54, 1.807) is 9.58 Å². The molecule has 0 bridgehead atoms. The van der Waals surface area contributed by atoms with Gasteiger partial charge in [0.2, 0.25) is 0 Å². The predicted octanol–water partition coefficient (Wildman–Crippen LogP) is 2.53. The zero-order valence-corrected chi connectivity index (χ0v) is 17.6. The van der Waals surface area contributed by atoms with Gasteiger partial charge in [0.15, 0.2) is 0 Å². The number of ether oxygens (including phenoxy) is 2. The van der Waals surface area contributed by atoms with E-state index in [2.05, 4.69) is 15.0 Å². The third kappa shape index (κ3) is 3.54. The molecule has 0 radical (unpaired) electrons.